The van der Waals surface area contributed by atoms with E-state index in [-0.39, 0.29) is 17.4 Å². The summed E-state index contributed by atoms with van der Waals surface area (Å²) in [6.45, 7) is 5.14. The molecule has 0 aromatic carbocycles. The zero-order valence-electron chi connectivity index (χ0n) is 17.2. The van der Waals surface area contributed by atoms with Crippen molar-refractivity contribution >= 4 is 11.9 Å². The van der Waals surface area contributed by atoms with Crippen molar-refractivity contribution in [3.63, 3.8) is 0 Å². The molecule has 0 unspecified atom stereocenters. The van der Waals surface area contributed by atoms with Crippen LogP contribution in [0.15, 0.2) is 0 Å². The number of carbonyl (C=O) groups excluding carboxylic acids is 2. The summed E-state index contributed by atoms with van der Waals surface area (Å²) in [5.74, 6) is -0.200. The summed E-state index contributed by atoms with van der Waals surface area (Å²) in [4.78, 5) is 24.0. The Morgan fingerprint density at radius 3 is 1.58 bits per heavy atom. The van der Waals surface area contributed by atoms with Gasteiger partial charge in [-0.05, 0) is 25.7 Å². The average Bonchev–Trinajstić information content (AvgIpc) is 2.66. The van der Waals surface area contributed by atoms with E-state index in [2.05, 4.69) is 13.8 Å². The Kier molecular flexibility index (Phi) is 12.4. The molecule has 152 valence electrons. The molecule has 0 atom stereocenters. The van der Waals surface area contributed by atoms with E-state index in [9.17, 15) is 9.59 Å². The Balaban J connectivity index is 2.34. The SMILES string of the molecule is CCCCCCC(=O)OCC1(COC(=O)CCCCCC)CCCCC1. The van der Waals surface area contributed by atoms with Crippen molar-refractivity contribution < 1.29 is 19.1 Å². The quantitative estimate of drug-likeness (QED) is 0.280. The van der Waals surface area contributed by atoms with Crippen LogP contribution in [-0.2, 0) is 19.1 Å². The molecule has 0 aliphatic heterocycles. The van der Waals surface area contributed by atoms with Gasteiger partial charge in [0, 0.05) is 18.3 Å². The van der Waals surface area contributed by atoms with Gasteiger partial charge in [-0.1, -0.05) is 71.6 Å². The molecule has 0 N–H and O–H groups in total. The number of unbranched alkanes of at least 4 members (excludes halogenated alkanes) is 6. The maximum atomic E-state index is 12.0. The lowest BCUT2D eigenvalue weighted by atomic mass is 9.75. The van der Waals surface area contributed by atoms with Gasteiger partial charge in [0.2, 0.25) is 0 Å². The van der Waals surface area contributed by atoms with E-state index in [1.54, 1.807) is 0 Å². The highest BCUT2D eigenvalue weighted by molar-refractivity contribution is 5.69. The molecule has 1 aliphatic rings. The molecule has 26 heavy (non-hydrogen) atoms. The Morgan fingerprint density at radius 1 is 0.692 bits per heavy atom. The molecule has 0 amide bonds. The molecule has 0 radical (unpaired) electrons. The van der Waals surface area contributed by atoms with Gasteiger partial charge in [0.15, 0.2) is 0 Å². The first-order valence-electron chi connectivity index (χ1n) is 10.9. The van der Waals surface area contributed by atoms with Gasteiger partial charge in [-0.25, -0.2) is 0 Å². The van der Waals surface area contributed by atoms with Crippen LogP contribution in [0.1, 0.15) is 110 Å². The topological polar surface area (TPSA) is 52.6 Å². The van der Waals surface area contributed by atoms with Gasteiger partial charge in [-0.15, -0.1) is 0 Å². The summed E-state index contributed by atoms with van der Waals surface area (Å²) >= 11 is 0. The lowest BCUT2D eigenvalue weighted by molar-refractivity contribution is -0.156. The third-order valence-corrected chi connectivity index (χ3v) is 5.46. The number of ether oxygens (including phenoxy) is 2. The first-order valence-corrected chi connectivity index (χ1v) is 10.9. The number of hydrogen-bond acceptors (Lipinski definition) is 4. The molecular formula is C22H40O4. The van der Waals surface area contributed by atoms with Crippen LogP contribution in [0, 0.1) is 5.41 Å². The fraction of sp³-hybridized carbons (Fsp3) is 0.909. The fourth-order valence-corrected chi connectivity index (χ4v) is 3.64. The summed E-state index contributed by atoms with van der Waals surface area (Å²) in [6.07, 6.45) is 15.1. The second-order valence-corrected chi connectivity index (χ2v) is 8.00. The smallest absolute Gasteiger partial charge is 0.305 e. The van der Waals surface area contributed by atoms with Gasteiger partial charge < -0.3 is 9.47 Å². The monoisotopic (exact) mass is 368 g/mol. The molecule has 1 saturated carbocycles. The molecule has 0 bridgehead atoms. The van der Waals surface area contributed by atoms with Crippen molar-refractivity contribution in [2.45, 2.75) is 110 Å². The summed E-state index contributed by atoms with van der Waals surface area (Å²) in [6, 6.07) is 0. The van der Waals surface area contributed by atoms with E-state index in [1.807, 2.05) is 0 Å². The highest BCUT2D eigenvalue weighted by Crippen LogP contribution is 2.37. The summed E-state index contributed by atoms with van der Waals surface area (Å²) in [5.41, 5.74) is -0.156. The minimum absolute atomic E-state index is 0.100. The third kappa shape index (κ3) is 10.2. The number of hydrogen-bond donors (Lipinski definition) is 0. The van der Waals surface area contributed by atoms with E-state index in [4.69, 9.17) is 9.47 Å². The van der Waals surface area contributed by atoms with E-state index in [1.165, 1.54) is 32.1 Å². The zero-order chi connectivity index (χ0) is 19.1. The van der Waals surface area contributed by atoms with E-state index < -0.39 is 0 Å². The van der Waals surface area contributed by atoms with Gasteiger partial charge in [-0.2, -0.15) is 0 Å². The van der Waals surface area contributed by atoms with E-state index in [0.29, 0.717) is 26.1 Å². The molecule has 4 nitrogen and oxygen atoms in total. The largest absolute Gasteiger partial charge is 0.465 e. The Labute approximate surface area is 160 Å². The highest BCUT2D eigenvalue weighted by atomic mass is 16.5. The molecule has 0 aromatic heterocycles. The van der Waals surface area contributed by atoms with Crippen molar-refractivity contribution in [2.24, 2.45) is 5.41 Å². The van der Waals surface area contributed by atoms with Crippen LogP contribution < -0.4 is 0 Å². The van der Waals surface area contributed by atoms with Crippen molar-refractivity contribution in [2.75, 3.05) is 13.2 Å². The van der Waals surface area contributed by atoms with E-state index >= 15 is 0 Å². The first kappa shape index (κ1) is 23.0. The Bertz CT molecular complexity index is 356. The predicted molar refractivity (Wildman–Crippen MR) is 105 cm³/mol. The molecule has 1 rings (SSSR count). The Morgan fingerprint density at radius 2 is 1.15 bits per heavy atom. The standard InChI is InChI=1S/C22H40O4/c1-3-5-7-10-14-20(23)25-18-22(16-12-9-13-17-22)19-26-21(24)15-11-8-6-4-2/h3-19H2,1-2H3. The maximum absolute atomic E-state index is 12.0. The van der Waals surface area contributed by atoms with Gasteiger partial charge in [0.1, 0.15) is 13.2 Å². The second-order valence-electron chi connectivity index (χ2n) is 8.00. The third-order valence-electron chi connectivity index (χ3n) is 5.46. The van der Waals surface area contributed by atoms with Crippen LogP contribution >= 0.6 is 0 Å². The summed E-state index contributed by atoms with van der Waals surface area (Å²) < 4.78 is 11.2. The molecular weight excluding hydrogens is 328 g/mol. The minimum Gasteiger partial charge on any atom is -0.465 e. The summed E-state index contributed by atoms with van der Waals surface area (Å²) in [7, 11) is 0. The molecule has 0 spiro atoms. The van der Waals surface area contributed by atoms with Crippen molar-refractivity contribution in [3.05, 3.63) is 0 Å². The first-order chi connectivity index (χ1) is 12.6. The second kappa shape index (κ2) is 14.1. The van der Waals surface area contributed by atoms with Crippen LogP contribution in [-0.4, -0.2) is 25.2 Å². The van der Waals surface area contributed by atoms with Crippen LogP contribution in [0.25, 0.3) is 0 Å². The zero-order valence-corrected chi connectivity index (χ0v) is 17.2. The number of esters is 2. The van der Waals surface area contributed by atoms with Gasteiger partial charge in [-0.3, -0.25) is 9.59 Å². The van der Waals surface area contributed by atoms with Crippen molar-refractivity contribution in [3.8, 4) is 0 Å². The molecule has 4 heteroatoms. The van der Waals surface area contributed by atoms with E-state index in [0.717, 1.165) is 51.4 Å². The lowest BCUT2D eigenvalue weighted by Gasteiger charge is -2.36. The van der Waals surface area contributed by atoms with Crippen LogP contribution in [0.5, 0.6) is 0 Å². The van der Waals surface area contributed by atoms with Crippen LogP contribution in [0.3, 0.4) is 0 Å². The number of carbonyl (C=O) groups is 2. The molecule has 0 heterocycles. The van der Waals surface area contributed by atoms with Crippen molar-refractivity contribution in [1.29, 1.82) is 0 Å². The normalized spacial score (nSPS) is 16.2. The molecule has 1 fully saturated rings. The lowest BCUT2D eigenvalue weighted by Crippen LogP contribution is -2.36. The molecule has 1 aliphatic carbocycles. The number of rotatable bonds is 14. The van der Waals surface area contributed by atoms with Gasteiger partial charge >= 0.3 is 11.9 Å². The van der Waals surface area contributed by atoms with Crippen molar-refractivity contribution in [1.82, 2.24) is 0 Å². The van der Waals surface area contributed by atoms with Gasteiger partial charge in [0.05, 0.1) is 0 Å². The highest BCUT2D eigenvalue weighted by Gasteiger charge is 2.35. The molecule has 0 saturated heterocycles. The minimum atomic E-state index is -0.156. The summed E-state index contributed by atoms with van der Waals surface area (Å²) in [5, 5.41) is 0. The average molecular weight is 369 g/mol. The van der Waals surface area contributed by atoms with Crippen LogP contribution in [0.2, 0.25) is 0 Å². The van der Waals surface area contributed by atoms with Gasteiger partial charge in [0.25, 0.3) is 0 Å². The molecule has 0 aromatic rings. The maximum Gasteiger partial charge on any atom is 0.305 e. The Hall–Kier alpha value is -1.06. The fourth-order valence-electron chi connectivity index (χ4n) is 3.64. The van der Waals surface area contributed by atoms with Crippen LogP contribution in [0.4, 0.5) is 0 Å². The predicted octanol–water partition coefficient (Wildman–Crippen LogP) is 5.96.